The van der Waals surface area contributed by atoms with Gasteiger partial charge in [0.05, 0.1) is 19.2 Å². The van der Waals surface area contributed by atoms with Crippen LogP contribution >= 0.6 is 0 Å². The Kier molecular flexibility index (Phi) is 7.87. The Labute approximate surface area is 189 Å². The van der Waals surface area contributed by atoms with Gasteiger partial charge in [0, 0.05) is 13.1 Å². The summed E-state index contributed by atoms with van der Waals surface area (Å²) in [5.41, 5.74) is 2.51. The molecule has 170 valence electrons. The van der Waals surface area contributed by atoms with Crippen molar-refractivity contribution in [2.24, 2.45) is 0 Å². The van der Waals surface area contributed by atoms with Gasteiger partial charge in [0.1, 0.15) is 11.8 Å². The minimum atomic E-state index is -0.833. The maximum absolute atomic E-state index is 13.3. The molecule has 0 saturated carbocycles. The van der Waals surface area contributed by atoms with Crippen molar-refractivity contribution in [1.29, 1.82) is 0 Å². The Morgan fingerprint density at radius 3 is 2.56 bits per heavy atom. The van der Waals surface area contributed by atoms with E-state index < -0.39 is 6.04 Å². The topological polar surface area (TPSA) is 79.0 Å². The van der Waals surface area contributed by atoms with Gasteiger partial charge in [0.15, 0.2) is 0 Å². The summed E-state index contributed by atoms with van der Waals surface area (Å²) in [4.78, 5) is 41.8. The molecule has 1 fully saturated rings. The molecule has 0 bridgehead atoms. The molecule has 7 nitrogen and oxygen atoms in total. The minimum absolute atomic E-state index is 0.0279. The standard InChI is InChI=1S/C25H31N3O4/c1-4-5-15-26-25(31)27(16-14-19-8-6-7-9-22(19)32-3)21-17-23(29)28(24(21)30)20-12-10-18(2)11-13-20/h6-13,21H,4-5,14-17H2,1-3H3,(H,26,31)/t21-/m1/s1. The number of rotatable bonds is 9. The number of benzene rings is 2. The van der Waals surface area contributed by atoms with Crippen LogP contribution in [0.15, 0.2) is 48.5 Å². The maximum Gasteiger partial charge on any atom is 0.318 e. The van der Waals surface area contributed by atoms with Crippen molar-refractivity contribution in [3.8, 4) is 5.75 Å². The van der Waals surface area contributed by atoms with E-state index >= 15 is 0 Å². The van der Waals surface area contributed by atoms with Crippen LogP contribution in [0, 0.1) is 6.92 Å². The number of aryl methyl sites for hydroxylation is 1. The molecule has 3 rings (SSSR count). The fourth-order valence-electron chi connectivity index (χ4n) is 3.85. The average molecular weight is 438 g/mol. The number of hydrogen-bond donors (Lipinski definition) is 1. The quantitative estimate of drug-likeness (QED) is 0.479. The lowest BCUT2D eigenvalue weighted by Crippen LogP contribution is -2.50. The Bertz CT molecular complexity index is 958. The molecule has 0 aliphatic carbocycles. The van der Waals surface area contributed by atoms with Gasteiger partial charge in [-0.25, -0.2) is 9.69 Å². The number of nitrogens with zero attached hydrogens (tertiary/aromatic N) is 2. The second kappa shape index (κ2) is 10.8. The first kappa shape index (κ1) is 23.3. The highest BCUT2D eigenvalue weighted by molar-refractivity contribution is 6.23. The molecule has 7 heteroatoms. The Morgan fingerprint density at radius 2 is 1.88 bits per heavy atom. The van der Waals surface area contributed by atoms with Gasteiger partial charge in [-0.15, -0.1) is 0 Å². The first-order valence-corrected chi connectivity index (χ1v) is 11.1. The van der Waals surface area contributed by atoms with Gasteiger partial charge in [0.2, 0.25) is 5.91 Å². The number of ether oxygens (including phenoxy) is 1. The highest BCUT2D eigenvalue weighted by atomic mass is 16.5. The molecular formula is C25H31N3O4. The van der Waals surface area contributed by atoms with Gasteiger partial charge in [-0.05, 0) is 43.5 Å². The second-order valence-electron chi connectivity index (χ2n) is 7.96. The van der Waals surface area contributed by atoms with Crippen LogP contribution in [0.2, 0.25) is 0 Å². The van der Waals surface area contributed by atoms with E-state index in [2.05, 4.69) is 5.32 Å². The highest BCUT2D eigenvalue weighted by Gasteiger charge is 2.44. The summed E-state index contributed by atoms with van der Waals surface area (Å²) in [5.74, 6) is 0.0611. The second-order valence-corrected chi connectivity index (χ2v) is 7.96. The zero-order valence-electron chi connectivity index (χ0n) is 19.0. The van der Waals surface area contributed by atoms with Crippen LogP contribution in [0.5, 0.6) is 5.75 Å². The zero-order valence-corrected chi connectivity index (χ0v) is 19.0. The third kappa shape index (κ3) is 5.28. The molecule has 2 aromatic rings. The fraction of sp³-hybridized carbons (Fsp3) is 0.400. The molecule has 0 radical (unpaired) electrons. The minimum Gasteiger partial charge on any atom is -0.496 e. The van der Waals surface area contributed by atoms with Gasteiger partial charge < -0.3 is 15.0 Å². The van der Waals surface area contributed by atoms with E-state index in [0.29, 0.717) is 25.2 Å². The summed E-state index contributed by atoms with van der Waals surface area (Å²) in [6, 6.07) is 13.7. The van der Waals surface area contributed by atoms with Crippen LogP contribution < -0.4 is 15.0 Å². The van der Waals surface area contributed by atoms with E-state index in [1.165, 1.54) is 9.80 Å². The van der Waals surface area contributed by atoms with Gasteiger partial charge in [-0.2, -0.15) is 0 Å². The normalized spacial score (nSPS) is 15.7. The molecule has 0 unspecified atom stereocenters. The summed E-state index contributed by atoms with van der Waals surface area (Å²) in [7, 11) is 1.60. The van der Waals surface area contributed by atoms with Gasteiger partial charge >= 0.3 is 6.03 Å². The highest BCUT2D eigenvalue weighted by Crippen LogP contribution is 2.27. The molecule has 2 aromatic carbocycles. The van der Waals surface area contributed by atoms with Crippen molar-refractivity contribution in [1.82, 2.24) is 10.2 Å². The van der Waals surface area contributed by atoms with Crippen molar-refractivity contribution in [3.63, 3.8) is 0 Å². The third-order valence-electron chi connectivity index (χ3n) is 5.67. The van der Waals surface area contributed by atoms with Crippen LogP contribution in [-0.4, -0.2) is 49.0 Å². The zero-order chi connectivity index (χ0) is 23.1. The van der Waals surface area contributed by atoms with Gasteiger partial charge in [-0.3, -0.25) is 9.59 Å². The number of hydrogen-bond acceptors (Lipinski definition) is 4. The third-order valence-corrected chi connectivity index (χ3v) is 5.67. The molecule has 1 saturated heterocycles. The molecular weight excluding hydrogens is 406 g/mol. The van der Waals surface area contributed by atoms with Crippen molar-refractivity contribution in [2.45, 2.75) is 45.6 Å². The van der Waals surface area contributed by atoms with Crippen LogP contribution in [0.1, 0.15) is 37.3 Å². The van der Waals surface area contributed by atoms with E-state index in [9.17, 15) is 14.4 Å². The Morgan fingerprint density at radius 1 is 1.16 bits per heavy atom. The molecule has 32 heavy (non-hydrogen) atoms. The summed E-state index contributed by atoms with van der Waals surface area (Å²) in [6.45, 7) is 4.81. The summed E-state index contributed by atoms with van der Waals surface area (Å²) in [6.07, 6.45) is 2.27. The van der Waals surface area contributed by atoms with E-state index in [1.807, 2.05) is 50.2 Å². The summed E-state index contributed by atoms with van der Waals surface area (Å²) in [5, 5.41) is 2.90. The number of amides is 4. The number of carbonyl (C=O) groups is 3. The number of para-hydroxylation sites is 1. The van der Waals surface area contributed by atoms with Crippen molar-refractivity contribution in [3.05, 3.63) is 59.7 Å². The summed E-state index contributed by atoms with van der Waals surface area (Å²) < 4.78 is 5.42. The molecule has 1 atom stereocenters. The van der Waals surface area contributed by atoms with Crippen molar-refractivity contribution in [2.75, 3.05) is 25.1 Å². The maximum atomic E-state index is 13.3. The van der Waals surface area contributed by atoms with Crippen molar-refractivity contribution < 1.29 is 19.1 Å². The molecule has 1 aliphatic heterocycles. The number of unbranched alkanes of at least 4 members (excludes halogenated alkanes) is 1. The monoisotopic (exact) mass is 437 g/mol. The van der Waals surface area contributed by atoms with Gasteiger partial charge in [-0.1, -0.05) is 49.2 Å². The average Bonchev–Trinajstić information content (AvgIpc) is 3.08. The van der Waals surface area contributed by atoms with E-state index in [0.717, 1.165) is 29.7 Å². The SMILES string of the molecule is CCCCNC(=O)N(CCc1ccccc1OC)[C@@H]1CC(=O)N(c2ccc(C)cc2)C1=O. The number of nitrogens with one attached hydrogen (secondary N) is 1. The number of methoxy groups -OCH3 is 1. The Hall–Kier alpha value is -3.35. The van der Waals surface area contributed by atoms with E-state index in [1.54, 1.807) is 19.2 Å². The molecule has 0 aromatic heterocycles. The first-order chi connectivity index (χ1) is 15.5. The predicted octanol–water partition coefficient (Wildman–Crippen LogP) is 3.69. The molecule has 4 amide bonds. The molecule has 1 aliphatic rings. The molecule has 1 N–H and O–H groups in total. The smallest absolute Gasteiger partial charge is 0.318 e. The van der Waals surface area contributed by atoms with Crippen LogP contribution in [-0.2, 0) is 16.0 Å². The first-order valence-electron chi connectivity index (χ1n) is 11.1. The van der Waals surface area contributed by atoms with Crippen LogP contribution in [0.3, 0.4) is 0 Å². The number of anilines is 1. The van der Waals surface area contributed by atoms with Crippen LogP contribution in [0.4, 0.5) is 10.5 Å². The predicted molar refractivity (Wildman–Crippen MR) is 124 cm³/mol. The van der Waals surface area contributed by atoms with E-state index in [4.69, 9.17) is 4.74 Å². The number of urea groups is 1. The molecule has 1 heterocycles. The lowest BCUT2D eigenvalue weighted by atomic mass is 10.1. The summed E-state index contributed by atoms with van der Waals surface area (Å²) >= 11 is 0. The van der Waals surface area contributed by atoms with E-state index in [-0.39, 0.29) is 24.3 Å². The Balaban J connectivity index is 1.82. The largest absolute Gasteiger partial charge is 0.496 e. The lowest BCUT2D eigenvalue weighted by Gasteiger charge is -2.28. The van der Waals surface area contributed by atoms with Gasteiger partial charge in [0.25, 0.3) is 5.91 Å². The lowest BCUT2D eigenvalue weighted by molar-refractivity contribution is -0.122. The van der Waals surface area contributed by atoms with Crippen LogP contribution in [0.25, 0.3) is 0 Å². The molecule has 0 spiro atoms. The number of carbonyl (C=O) groups excluding carboxylic acids is 3. The number of imide groups is 1. The fourth-order valence-corrected chi connectivity index (χ4v) is 3.85. The van der Waals surface area contributed by atoms with Crippen molar-refractivity contribution >= 4 is 23.5 Å².